The number of aryl methyl sites for hydroxylation is 2. The lowest BCUT2D eigenvalue weighted by Gasteiger charge is -2.21. The molecule has 0 aliphatic rings. The summed E-state index contributed by atoms with van der Waals surface area (Å²) in [6.45, 7) is 9.49. The molecule has 1 unspecified atom stereocenters. The zero-order chi connectivity index (χ0) is 31.2. The number of aromatic nitrogens is 1. The maximum absolute atomic E-state index is 13.3. The van der Waals surface area contributed by atoms with Gasteiger partial charge in [-0.2, -0.15) is 13.2 Å². The predicted molar refractivity (Wildman–Crippen MR) is 157 cm³/mol. The van der Waals surface area contributed by atoms with Crippen LogP contribution >= 0.6 is 11.6 Å². The number of likely N-dealkylation sites (N-methyl/N-ethyl adjacent to an activating group) is 1. The van der Waals surface area contributed by atoms with Gasteiger partial charge in [0.25, 0.3) is 11.5 Å². The number of hydrogen-bond donors (Lipinski definition) is 1. The Hall–Kier alpha value is -3.63. The molecular formula is C31H35ClF3N3O4. The molecule has 1 amide bonds. The minimum atomic E-state index is -4.66. The molecule has 2 aromatic carbocycles. The Morgan fingerprint density at radius 1 is 1.05 bits per heavy atom. The van der Waals surface area contributed by atoms with Gasteiger partial charge in [0.2, 0.25) is 0 Å². The van der Waals surface area contributed by atoms with Crippen molar-refractivity contribution >= 4 is 23.5 Å². The zero-order valence-corrected chi connectivity index (χ0v) is 25.0. The number of nitrogens with one attached hydrogen (secondary N) is 1. The first-order valence-electron chi connectivity index (χ1n) is 13.6. The fourth-order valence-corrected chi connectivity index (χ4v) is 5.05. The van der Waals surface area contributed by atoms with Gasteiger partial charge in [-0.1, -0.05) is 61.8 Å². The summed E-state index contributed by atoms with van der Waals surface area (Å²) >= 11 is 6.27. The minimum absolute atomic E-state index is 0.0730. The molecule has 3 aromatic rings. The van der Waals surface area contributed by atoms with Crippen molar-refractivity contribution < 1.29 is 27.5 Å². The summed E-state index contributed by atoms with van der Waals surface area (Å²) in [5.41, 5.74) is 0.503. The van der Waals surface area contributed by atoms with Gasteiger partial charge in [0.15, 0.2) is 0 Å². The van der Waals surface area contributed by atoms with Gasteiger partial charge in [-0.15, -0.1) is 0 Å². The van der Waals surface area contributed by atoms with Crippen molar-refractivity contribution in [2.75, 3.05) is 26.2 Å². The van der Waals surface area contributed by atoms with E-state index in [0.717, 1.165) is 26.2 Å². The van der Waals surface area contributed by atoms with Crippen LogP contribution in [-0.2, 0) is 29.2 Å². The number of esters is 1. The van der Waals surface area contributed by atoms with Crippen molar-refractivity contribution in [2.24, 2.45) is 7.05 Å². The van der Waals surface area contributed by atoms with Crippen molar-refractivity contribution in [3.05, 3.63) is 91.9 Å². The molecular weight excluding hydrogens is 571 g/mol. The molecule has 11 heteroatoms. The van der Waals surface area contributed by atoms with Crippen molar-refractivity contribution in [3.8, 4) is 11.1 Å². The molecule has 0 fully saturated rings. The van der Waals surface area contributed by atoms with E-state index in [1.807, 2.05) is 13.8 Å². The van der Waals surface area contributed by atoms with Gasteiger partial charge in [-0.3, -0.25) is 9.59 Å². The molecule has 0 aliphatic heterocycles. The fourth-order valence-electron chi connectivity index (χ4n) is 4.75. The lowest BCUT2D eigenvalue weighted by Crippen LogP contribution is -2.44. The number of benzene rings is 2. The van der Waals surface area contributed by atoms with E-state index in [2.05, 4.69) is 10.2 Å². The number of amides is 1. The Balaban J connectivity index is 1.87. The molecule has 3 rings (SSSR count). The summed E-state index contributed by atoms with van der Waals surface area (Å²) < 4.78 is 46.1. The van der Waals surface area contributed by atoms with E-state index < -0.39 is 35.3 Å². The van der Waals surface area contributed by atoms with Crippen LogP contribution in [0.2, 0.25) is 5.02 Å². The topological polar surface area (TPSA) is 80.6 Å². The Morgan fingerprint density at radius 3 is 2.26 bits per heavy atom. The first kappa shape index (κ1) is 32.9. The Kier molecular flexibility index (Phi) is 11.0. The second kappa shape index (κ2) is 14.0. The number of carbonyl (C=O) groups is 2. The summed E-state index contributed by atoms with van der Waals surface area (Å²) in [7, 11) is 1.09. The van der Waals surface area contributed by atoms with E-state index in [4.69, 9.17) is 16.3 Å². The summed E-state index contributed by atoms with van der Waals surface area (Å²) in [4.78, 5) is 41.3. The van der Waals surface area contributed by atoms with E-state index in [-0.39, 0.29) is 34.7 Å². The van der Waals surface area contributed by atoms with Crippen molar-refractivity contribution in [2.45, 2.75) is 46.3 Å². The number of ether oxygens (including phenoxy) is 1. The second-order valence-corrected chi connectivity index (χ2v) is 10.4. The molecule has 0 radical (unpaired) electrons. The van der Waals surface area contributed by atoms with Gasteiger partial charge in [0, 0.05) is 20.0 Å². The number of nitrogens with zero attached hydrogens (tertiary/aromatic N) is 2. The summed E-state index contributed by atoms with van der Waals surface area (Å²) in [5, 5.41) is 3.00. The molecule has 0 bridgehead atoms. The first-order chi connectivity index (χ1) is 19.8. The highest BCUT2D eigenvalue weighted by molar-refractivity contribution is 6.34. The Morgan fingerprint density at radius 2 is 1.69 bits per heavy atom. The Bertz CT molecular complexity index is 1460. The molecule has 0 aliphatic carbocycles. The van der Waals surface area contributed by atoms with Crippen LogP contribution in [0.25, 0.3) is 11.1 Å². The number of alkyl halides is 3. The molecule has 0 saturated carbocycles. The summed E-state index contributed by atoms with van der Waals surface area (Å²) in [6.07, 6.45) is -4.59. The SMILES string of the molecule is CCN(CC)CCOC(=O)C(Cc1ccc(-c2c(C)cc(C(F)(F)F)n(C)c2=O)cc1)NC(=O)c1c(C)cccc1Cl. The number of hydrogen-bond acceptors (Lipinski definition) is 5. The quantitative estimate of drug-likeness (QED) is 0.289. The predicted octanol–water partition coefficient (Wildman–Crippen LogP) is 5.57. The summed E-state index contributed by atoms with van der Waals surface area (Å²) in [5.74, 6) is -1.14. The van der Waals surface area contributed by atoms with Crippen LogP contribution in [0.1, 0.15) is 46.6 Å². The highest BCUT2D eigenvalue weighted by Crippen LogP contribution is 2.31. The van der Waals surface area contributed by atoms with Gasteiger partial charge in [0.1, 0.15) is 18.3 Å². The molecule has 7 nitrogen and oxygen atoms in total. The van der Waals surface area contributed by atoms with Crippen LogP contribution < -0.4 is 10.9 Å². The van der Waals surface area contributed by atoms with Gasteiger partial charge < -0.3 is 19.5 Å². The first-order valence-corrected chi connectivity index (χ1v) is 14.0. The van der Waals surface area contributed by atoms with E-state index >= 15 is 0 Å². The normalized spacial score (nSPS) is 12.3. The third-order valence-corrected chi connectivity index (χ3v) is 7.50. The van der Waals surface area contributed by atoms with E-state index in [1.165, 1.54) is 6.92 Å². The number of rotatable bonds is 11. The van der Waals surface area contributed by atoms with Crippen LogP contribution in [0.4, 0.5) is 13.2 Å². The molecule has 1 aromatic heterocycles. The molecule has 0 saturated heterocycles. The maximum Gasteiger partial charge on any atom is 0.431 e. The van der Waals surface area contributed by atoms with Gasteiger partial charge in [-0.25, -0.2) is 4.79 Å². The monoisotopic (exact) mass is 605 g/mol. The lowest BCUT2D eigenvalue weighted by molar-refractivity contribution is -0.146. The van der Waals surface area contributed by atoms with E-state index in [1.54, 1.807) is 49.4 Å². The molecule has 1 N–H and O–H groups in total. The van der Waals surface area contributed by atoms with Crippen LogP contribution in [-0.4, -0.2) is 53.6 Å². The minimum Gasteiger partial charge on any atom is -0.463 e. The standard InChI is InChI=1S/C31H35ClF3N3O4/c1-6-38(7-2)15-16-42-30(41)24(36-28(39)27-19(3)9-8-10-23(27)32)18-21-11-13-22(14-12-21)26-20(4)17-25(31(33,34)35)37(5)29(26)40/h8-14,17,24H,6-7,15-16,18H2,1-5H3,(H,36,39). The van der Waals surface area contributed by atoms with Crippen molar-refractivity contribution in [3.63, 3.8) is 0 Å². The average molecular weight is 606 g/mol. The van der Waals surface area contributed by atoms with Gasteiger partial charge in [-0.05, 0) is 61.3 Å². The van der Waals surface area contributed by atoms with E-state index in [0.29, 0.717) is 27.8 Å². The largest absolute Gasteiger partial charge is 0.463 e. The highest BCUT2D eigenvalue weighted by Gasteiger charge is 2.34. The van der Waals surface area contributed by atoms with Crippen LogP contribution in [0.5, 0.6) is 0 Å². The average Bonchev–Trinajstić information content (AvgIpc) is 2.93. The number of halogens is 4. The van der Waals surface area contributed by atoms with Crippen molar-refractivity contribution in [1.29, 1.82) is 0 Å². The third kappa shape index (κ3) is 7.80. The molecule has 1 heterocycles. The molecule has 1 atom stereocenters. The fraction of sp³-hybridized carbons (Fsp3) is 0.387. The summed E-state index contributed by atoms with van der Waals surface area (Å²) in [6, 6.07) is 11.5. The highest BCUT2D eigenvalue weighted by atomic mass is 35.5. The molecule has 0 spiro atoms. The van der Waals surface area contributed by atoms with Crippen LogP contribution in [0.3, 0.4) is 0 Å². The van der Waals surface area contributed by atoms with Crippen LogP contribution in [0, 0.1) is 13.8 Å². The molecule has 42 heavy (non-hydrogen) atoms. The van der Waals surface area contributed by atoms with Crippen molar-refractivity contribution in [1.82, 2.24) is 14.8 Å². The third-order valence-electron chi connectivity index (χ3n) is 7.19. The molecule has 226 valence electrons. The smallest absolute Gasteiger partial charge is 0.431 e. The van der Waals surface area contributed by atoms with Gasteiger partial charge in [0.05, 0.1) is 16.1 Å². The zero-order valence-electron chi connectivity index (χ0n) is 24.3. The number of carbonyl (C=O) groups excluding carboxylic acids is 2. The second-order valence-electron chi connectivity index (χ2n) is 10.0. The maximum atomic E-state index is 13.3. The number of pyridine rings is 1. The lowest BCUT2D eigenvalue weighted by atomic mass is 9.98. The van der Waals surface area contributed by atoms with Gasteiger partial charge >= 0.3 is 12.1 Å². The van der Waals surface area contributed by atoms with E-state index in [9.17, 15) is 27.6 Å². The van der Waals surface area contributed by atoms with Crippen LogP contribution in [0.15, 0.2) is 53.3 Å². The Labute approximate surface area is 248 Å².